The lowest BCUT2D eigenvalue weighted by molar-refractivity contribution is -0.154. The van der Waals surface area contributed by atoms with Crippen LogP contribution in [0, 0.1) is 23.7 Å². The zero-order valence-electron chi connectivity index (χ0n) is 19.0. The molecule has 0 aliphatic heterocycles. The number of carbonyl (C=O) groups is 2. The summed E-state index contributed by atoms with van der Waals surface area (Å²) in [6.45, 7) is 2.07. The van der Waals surface area contributed by atoms with Crippen molar-refractivity contribution < 1.29 is 29.3 Å². The Bertz CT molecular complexity index is 813. The summed E-state index contributed by atoms with van der Waals surface area (Å²) in [7, 11) is 0. The van der Waals surface area contributed by atoms with Crippen LogP contribution in [0.25, 0.3) is 0 Å². The van der Waals surface area contributed by atoms with Gasteiger partial charge in [0.25, 0.3) is 0 Å². The highest BCUT2D eigenvalue weighted by molar-refractivity contribution is 5.71. The Morgan fingerprint density at radius 2 is 1.91 bits per heavy atom. The first kappa shape index (κ1) is 23.1. The van der Waals surface area contributed by atoms with Gasteiger partial charge < -0.3 is 19.7 Å². The second-order valence-corrected chi connectivity index (χ2v) is 10.0. The molecule has 0 amide bonds. The molecule has 4 rings (SSSR count). The van der Waals surface area contributed by atoms with E-state index in [1.54, 1.807) is 0 Å². The van der Waals surface area contributed by atoms with Gasteiger partial charge in [0.2, 0.25) is 0 Å². The fourth-order valence-corrected chi connectivity index (χ4v) is 6.33. The molecule has 0 heterocycles. The van der Waals surface area contributed by atoms with Gasteiger partial charge in [0.05, 0.1) is 6.10 Å². The smallest absolute Gasteiger partial charge is 0.344 e. The predicted molar refractivity (Wildman–Crippen MR) is 119 cm³/mol. The van der Waals surface area contributed by atoms with Gasteiger partial charge in [-0.3, -0.25) is 4.79 Å². The van der Waals surface area contributed by atoms with Gasteiger partial charge in [-0.15, -0.1) is 0 Å². The van der Waals surface area contributed by atoms with Crippen molar-refractivity contribution in [3.05, 3.63) is 29.3 Å². The SMILES string of the molecule is CCC[C@@H]1[C@H]2Cc3cccc(OCC(=O)OC4CCC(CC(=O)O)CC4)c3C[C@H]2C[C@H]1O. The monoisotopic (exact) mass is 444 g/mol. The molecule has 0 aromatic heterocycles. The summed E-state index contributed by atoms with van der Waals surface area (Å²) in [5.74, 6) is 1.23. The normalized spacial score (nSPS) is 31.4. The third-order valence-corrected chi connectivity index (χ3v) is 7.87. The maximum atomic E-state index is 12.4. The number of benzene rings is 1. The zero-order chi connectivity index (χ0) is 22.7. The summed E-state index contributed by atoms with van der Waals surface area (Å²) in [4.78, 5) is 23.2. The zero-order valence-corrected chi connectivity index (χ0v) is 19.0. The van der Waals surface area contributed by atoms with Crippen LogP contribution in [0.3, 0.4) is 0 Å². The molecule has 2 saturated carbocycles. The molecule has 4 atom stereocenters. The third-order valence-electron chi connectivity index (χ3n) is 7.87. The second-order valence-electron chi connectivity index (χ2n) is 10.0. The molecular weight excluding hydrogens is 408 g/mol. The van der Waals surface area contributed by atoms with Gasteiger partial charge in [-0.25, -0.2) is 4.79 Å². The molecule has 1 aromatic rings. The number of ether oxygens (including phenoxy) is 2. The molecular formula is C26H36O6. The molecule has 0 saturated heterocycles. The first-order valence-corrected chi connectivity index (χ1v) is 12.3. The van der Waals surface area contributed by atoms with E-state index < -0.39 is 5.97 Å². The largest absolute Gasteiger partial charge is 0.482 e. The van der Waals surface area contributed by atoms with Crippen LogP contribution in [0.1, 0.15) is 69.4 Å². The third kappa shape index (κ3) is 5.28. The molecule has 2 fully saturated rings. The number of hydrogen-bond acceptors (Lipinski definition) is 5. The minimum Gasteiger partial charge on any atom is -0.482 e. The van der Waals surface area contributed by atoms with Gasteiger partial charge in [0.1, 0.15) is 11.9 Å². The minimum absolute atomic E-state index is 0.110. The quantitative estimate of drug-likeness (QED) is 0.585. The number of carboxylic acids is 1. The average Bonchev–Trinajstić information content (AvgIpc) is 3.06. The molecule has 0 radical (unpaired) electrons. The Hall–Kier alpha value is -2.08. The van der Waals surface area contributed by atoms with E-state index in [9.17, 15) is 14.7 Å². The van der Waals surface area contributed by atoms with Crippen molar-refractivity contribution in [1.82, 2.24) is 0 Å². The van der Waals surface area contributed by atoms with Crippen molar-refractivity contribution in [2.75, 3.05) is 6.61 Å². The fraction of sp³-hybridized carbons (Fsp3) is 0.692. The van der Waals surface area contributed by atoms with Gasteiger partial charge in [-0.2, -0.15) is 0 Å². The van der Waals surface area contributed by atoms with Crippen molar-refractivity contribution in [3.63, 3.8) is 0 Å². The minimum atomic E-state index is -0.760. The van der Waals surface area contributed by atoms with E-state index in [0.717, 1.165) is 63.5 Å². The number of rotatable bonds is 8. The molecule has 6 heteroatoms. The summed E-state index contributed by atoms with van der Waals surface area (Å²) < 4.78 is 11.5. The molecule has 32 heavy (non-hydrogen) atoms. The van der Waals surface area contributed by atoms with Crippen LogP contribution in [-0.2, 0) is 27.2 Å². The van der Waals surface area contributed by atoms with Crippen LogP contribution in [0.2, 0.25) is 0 Å². The van der Waals surface area contributed by atoms with E-state index in [4.69, 9.17) is 14.6 Å². The molecule has 0 unspecified atom stereocenters. The van der Waals surface area contributed by atoms with Crippen LogP contribution >= 0.6 is 0 Å². The van der Waals surface area contributed by atoms with E-state index in [1.807, 2.05) is 12.1 Å². The number of carboxylic acid groups (broad SMARTS) is 1. The predicted octanol–water partition coefficient (Wildman–Crippen LogP) is 4.15. The number of aliphatic carboxylic acids is 1. The van der Waals surface area contributed by atoms with Crippen LogP contribution in [0.4, 0.5) is 0 Å². The van der Waals surface area contributed by atoms with Gasteiger partial charge >= 0.3 is 11.9 Å². The summed E-state index contributed by atoms with van der Waals surface area (Å²) >= 11 is 0. The van der Waals surface area contributed by atoms with Gasteiger partial charge in [0, 0.05) is 6.42 Å². The van der Waals surface area contributed by atoms with Crippen molar-refractivity contribution in [3.8, 4) is 5.75 Å². The lowest BCUT2D eigenvalue weighted by Crippen LogP contribution is -2.28. The van der Waals surface area contributed by atoms with Gasteiger partial charge in [-0.1, -0.05) is 25.5 Å². The topological polar surface area (TPSA) is 93.1 Å². The lowest BCUT2D eigenvalue weighted by atomic mass is 9.73. The number of hydrogen-bond donors (Lipinski definition) is 2. The first-order valence-electron chi connectivity index (χ1n) is 12.3. The first-order chi connectivity index (χ1) is 15.4. The number of fused-ring (bicyclic) bond motifs is 2. The lowest BCUT2D eigenvalue weighted by Gasteiger charge is -2.32. The number of esters is 1. The summed E-state index contributed by atoms with van der Waals surface area (Å²) in [5.41, 5.74) is 2.46. The second kappa shape index (κ2) is 10.2. The van der Waals surface area contributed by atoms with Crippen molar-refractivity contribution in [1.29, 1.82) is 0 Å². The van der Waals surface area contributed by atoms with Crippen molar-refractivity contribution in [2.45, 2.75) is 83.3 Å². The molecule has 6 nitrogen and oxygen atoms in total. The maximum absolute atomic E-state index is 12.4. The molecule has 176 valence electrons. The molecule has 3 aliphatic carbocycles. The van der Waals surface area contributed by atoms with Gasteiger partial charge in [-0.05, 0) is 92.2 Å². The van der Waals surface area contributed by atoms with Crippen LogP contribution < -0.4 is 4.74 Å². The molecule has 1 aromatic carbocycles. The highest BCUT2D eigenvalue weighted by Crippen LogP contribution is 2.48. The van der Waals surface area contributed by atoms with Gasteiger partial charge in [0.15, 0.2) is 6.61 Å². The number of carbonyl (C=O) groups excluding carboxylic acids is 1. The summed E-state index contributed by atoms with van der Waals surface area (Å²) in [6, 6.07) is 6.07. The van der Waals surface area contributed by atoms with Crippen molar-refractivity contribution in [2.24, 2.45) is 23.7 Å². The Labute approximate surface area is 190 Å². The van der Waals surface area contributed by atoms with Crippen LogP contribution in [0.5, 0.6) is 5.75 Å². The number of aliphatic hydroxyl groups is 1. The summed E-state index contributed by atoms with van der Waals surface area (Å²) in [6.07, 6.45) is 7.76. The highest BCUT2D eigenvalue weighted by Gasteiger charge is 2.44. The molecule has 0 bridgehead atoms. The highest BCUT2D eigenvalue weighted by atomic mass is 16.6. The summed E-state index contributed by atoms with van der Waals surface area (Å²) in [5, 5.41) is 19.5. The van der Waals surface area contributed by atoms with E-state index >= 15 is 0 Å². The molecule has 2 N–H and O–H groups in total. The maximum Gasteiger partial charge on any atom is 0.344 e. The Morgan fingerprint density at radius 3 is 2.62 bits per heavy atom. The van der Waals surface area contributed by atoms with Crippen LogP contribution in [-0.4, -0.2) is 41.0 Å². The Kier molecular flexibility index (Phi) is 7.39. The average molecular weight is 445 g/mol. The molecule has 0 spiro atoms. The Balaban J connectivity index is 1.30. The van der Waals surface area contributed by atoms with E-state index in [-0.39, 0.29) is 37.1 Å². The fourth-order valence-electron chi connectivity index (χ4n) is 6.33. The molecule has 3 aliphatic rings. The van der Waals surface area contributed by atoms with E-state index in [2.05, 4.69) is 13.0 Å². The van der Waals surface area contributed by atoms with E-state index in [0.29, 0.717) is 17.8 Å². The number of aliphatic hydroxyl groups excluding tert-OH is 1. The van der Waals surface area contributed by atoms with Crippen molar-refractivity contribution >= 4 is 11.9 Å². The Morgan fingerprint density at radius 1 is 1.12 bits per heavy atom. The standard InChI is InChI=1S/C26H36O6/c1-2-4-20-21-12-17-5-3-6-24(22(17)13-18(21)14-23(20)27)31-15-26(30)32-19-9-7-16(8-10-19)11-25(28)29/h3,5-6,16,18-21,23,27H,2,4,7-15H2,1H3,(H,28,29)/t16?,18-,19?,20+,21-,23+/m0/s1. The van der Waals surface area contributed by atoms with E-state index in [1.165, 1.54) is 11.1 Å². The van der Waals surface area contributed by atoms with Crippen LogP contribution in [0.15, 0.2) is 18.2 Å².